The maximum Gasteiger partial charge on any atom is -0.0100 e. The predicted octanol–water partition coefficient (Wildman–Crippen LogP) is 6.38. The number of fused-ring (bicyclic) bond motifs is 1. The van der Waals surface area contributed by atoms with E-state index < -0.39 is 0 Å². The lowest BCUT2D eigenvalue weighted by Gasteiger charge is -2.42. The second-order valence-corrected chi connectivity index (χ2v) is 8.36. The Labute approximate surface area is 130 Å². The van der Waals surface area contributed by atoms with Gasteiger partial charge in [-0.2, -0.15) is 0 Å². The molecule has 0 nitrogen and oxygen atoms in total. The fourth-order valence-electron chi connectivity index (χ4n) is 4.07. The van der Waals surface area contributed by atoms with Gasteiger partial charge < -0.3 is 0 Å². The smallest absolute Gasteiger partial charge is 0.0100 e. The second-order valence-electron chi connectivity index (χ2n) is 8.36. The second kappa shape index (κ2) is 5.30. The Balaban J connectivity index is 2.05. The van der Waals surface area contributed by atoms with Gasteiger partial charge in [0.15, 0.2) is 0 Å². The lowest BCUT2D eigenvalue weighted by atomic mass is 9.63. The molecule has 2 aliphatic carbocycles. The van der Waals surface area contributed by atoms with Crippen LogP contribution in [0.1, 0.15) is 89.3 Å². The Hall–Kier alpha value is -1.04. The van der Waals surface area contributed by atoms with Gasteiger partial charge in [0, 0.05) is 0 Å². The predicted molar refractivity (Wildman–Crippen MR) is 92.8 cm³/mol. The van der Waals surface area contributed by atoms with E-state index in [1.54, 1.807) is 16.7 Å². The average molecular weight is 282 g/mol. The van der Waals surface area contributed by atoms with Crippen molar-refractivity contribution >= 4 is 5.57 Å². The SMILES string of the molecule is CC1(C)CCC(C)(C)c2cc(C3=CCCCCC3)ccc21. The molecule has 0 heterocycles. The topological polar surface area (TPSA) is 0 Å². The lowest BCUT2D eigenvalue weighted by Crippen LogP contribution is -2.33. The van der Waals surface area contributed by atoms with Gasteiger partial charge in [-0.25, -0.2) is 0 Å². The van der Waals surface area contributed by atoms with Crippen LogP contribution in [0.2, 0.25) is 0 Å². The van der Waals surface area contributed by atoms with Crippen LogP contribution in [-0.2, 0) is 10.8 Å². The van der Waals surface area contributed by atoms with Crippen molar-refractivity contribution in [3.05, 3.63) is 41.0 Å². The van der Waals surface area contributed by atoms with E-state index in [1.165, 1.54) is 50.5 Å². The van der Waals surface area contributed by atoms with Crippen molar-refractivity contribution in [1.29, 1.82) is 0 Å². The van der Waals surface area contributed by atoms with Crippen LogP contribution in [0, 0.1) is 0 Å². The van der Waals surface area contributed by atoms with Gasteiger partial charge in [-0.15, -0.1) is 0 Å². The Morgan fingerprint density at radius 2 is 1.52 bits per heavy atom. The van der Waals surface area contributed by atoms with E-state index in [0.717, 1.165) is 0 Å². The molecule has 0 heteroatoms. The van der Waals surface area contributed by atoms with E-state index in [-0.39, 0.29) is 0 Å². The van der Waals surface area contributed by atoms with Crippen LogP contribution in [0.4, 0.5) is 0 Å². The normalized spacial score (nSPS) is 23.9. The molecule has 0 N–H and O–H groups in total. The zero-order chi connectivity index (χ0) is 15.1. The summed E-state index contributed by atoms with van der Waals surface area (Å²) in [6.07, 6.45) is 11.7. The van der Waals surface area contributed by atoms with Crippen molar-refractivity contribution in [2.75, 3.05) is 0 Å². The van der Waals surface area contributed by atoms with Gasteiger partial charge in [0.05, 0.1) is 0 Å². The molecule has 0 fully saturated rings. The minimum absolute atomic E-state index is 0.326. The Bertz CT molecular complexity index is 557. The Morgan fingerprint density at radius 3 is 2.29 bits per heavy atom. The number of benzene rings is 1. The van der Waals surface area contributed by atoms with E-state index in [4.69, 9.17) is 0 Å². The molecule has 0 bridgehead atoms. The molecule has 2 aliphatic rings. The lowest BCUT2D eigenvalue weighted by molar-refractivity contribution is 0.332. The van der Waals surface area contributed by atoms with E-state index in [1.807, 2.05) is 0 Å². The summed E-state index contributed by atoms with van der Waals surface area (Å²) < 4.78 is 0. The van der Waals surface area contributed by atoms with Crippen molar-refractivity contribution in [1.82, 2.24) is 0 Å². The van der Waals surface area contributed by atoms with E-state index in [0.29, 0.717) is 10.8 Å². The maximum atomic E-state index is 2.52. The van der Waals surface area contributed by atoms with Crippen LogP contribution in [0.15, 0.2) is 24.3 Å². The van der Waals surface area contributed by atoms with Crippen molar-refractivity contribution < 1.29 is 0 Å². The molecular formula is C21H30. The number of allylic oxidation sites excluding steroid dienone is 2. The zero-order valence-electron chi connectivity index (χ0n) is 14.3. The van der Waals surface area contributed by atoms with Crippen molar-refractivity contribution in [3.8, 4) is 0 Å². The van der Waals surface area contributed by atoms with Gasteiger partial charge in [0.1, 0.15) is 0 Å². The molecule has 0 saturated carbocycles. The van der Waals surface area contributed by atoms with Crippen molar-refractivity contribution in [2.24, 2.45) is 0 Å². The average Bonchev–Trinajstić information content (AvgIpc) is 2.73. The minimum Gasteiger partial charge on any atom is -0.0807 e. The molecule has 1 aromatic rings. The molecule has 0 radical (unpaired) electrons. The van der Waals surface area contributed by atoms with E-state index in [2.05, 4.69) is 52.0 Å². The van der Waals surface area contributed by atoms with Gasteiger partial charge >= 0.3 is 0 Å². The molecule has 21 heavy (non-hydrogen) atoms. The monoisotopic (exact) mass is 282 g/mol. The summed E-state index contributed by atoms with van der Waals surface area (Å²) >= 11 is 0. The first kappa shape index (κ1) is 14.9. The van der Waals surface area contributed by atoms with Gasteiger partial charge in [-0.3, -0.25) is 0 Å². The number of rotatable bonds is 1. The summed E-state index contributed by atoms with van der Waals surface area (Å²) in [5.74, 6) is 0. The van der Waals surface area contributed by atoms with Crippen LogP contribution in [0.3, 0.4) is 0 Å². The van der Waals surface area contributed by atoms with Crippen molar-refractivity contribution in [2.45, 2.75) is 83.5 Å². The van der Waals surface area contributed by atoms with Crippen LogP contribution < -0.4 is 0 Å². The van der Waals surface area contributed by atoms with Crippen LogP contribution in [0.25, 0.3) is 5.57 Å². The first-order chi connectivity index (χ1) is 9.90. The first-order valence-corrected chi connectivity index (χ1v) is 8.75. The third-order valence-corrected chi connectivity index (χ3v) is 5.76. The van der Waals surface area contributed by atoms with Gasteiger partial charge in [-0.05, 0) is 71.6 Å². The third-order valence-electron chi connectivity index (χ3n) is 5.76. The summed E-state index contributed by atoms with van der Waals surface area (Å²) in [5, 5.41) is 0. The fourth-order valence-corrected chi connectivity index (χ4v) is 4.07. The van der Waals surface area contributed by atoms with Crippen LogP contribution >= 0.6 is 0 Å². The maximum absolute atomic E-state index is 2.52. The molecule has 0 spiro atoms. The highest BCUT2D eigenvalue weighted by atomic mass is 14.4. The first-order valence-electron chi connectivity index (χ1n) is 8.75. The Kier molecular flexibility index (Phi) is 3.76. The van der Waals surface area contributed by atoms with Crippen LogP contribution in [-0.4, -0.2) is 0 Å². The molecule has 0 unspecified atom stereocenters. The molecule has 1 aromatic carbocycles. The molecular weight excluding hydrogens is 252 g/mol. The minimum atomic E-state index is 0.326. The van der Waals surface area contributed by atoms with E-state index >= 15 is 0 Å². The Morgan fingerprint density at radius 1 is 0.810 bits per heavy atom. The molecule has 3 rings (SSSR count). The summed E-state index contributed by atoms with van der Waals surface area (Å²) in [7, 11) is 0. The molecule has 0 aliphatic heterocycles. The molecule has 0 aromatic heterocycles. The van der Waals surface area contributed by atoms with Gasteiger partial charge in [-0.1, -0.05) is 58.4 Å². The molecule has 0 saturated heterocycles. The largest absolute Gasteiger partial charge is 0.0807 e. The zero-order valence-corrected chi connectivity index (χ0v) is 14.3. The summed E-state index contributed by atoms with van der Waals surface area (Å²) in [6, 6.07) is 7.34. The summed E-state index contributed by atoms with van der Waals surface area (Å²) in [5.41, 5.74) is 6.92. The number of hydrogen-bond donors (Lipinski definition) is 0. The molecule has 114 valence electrons. The highest BCUT2D eigenvalue weighted by Crippen LogP contribution is 2.46. The number of hydrogen-bond acceptors (Lipinski definition) is 0. The van der Waals surface area contributed by atoms with Gasteiger partial charge in [0.25, 0.3) is 0 Å². The molecule has 0 atom stereocenters. The van der Waals surface area contributed by atoms with Gasteiger partial charge in [0.2, 0.25) is 0 Å². The highest BCUT2D eigenvalue weighted by Gasteiger charge is 2.36. The van der Waals surface area contributed by atoms with Crippen molar-refractivity contribution in [3.63, 3.8) is 0 Å². The van der Waals surface area contributed by atoms with Crippen LogP contribution in [0.5, 0.6) is 0 Å². The third kappa shape index (κ3) is 2.82. The molecule has 0 amide bonds. The summed E-state index contributed by atoms with van der Waals surface area (Å²) in [4.78, 5) is 0. The van der Waals surface area contributed by atoms with E-state index in [9.17, 15) is 0 Å². The standard InChI is InChI=1S/C21H30/c1-20(2)13-14-21(3,4)19-15-17(11-12-18(19)20)16-9-7-5-6-8-10-16/h9,11-12,15H,5-8,10,13-14H2,1-4H3. The highest BCUT2D eigenvalue weighted by molar-refractivity contribution is 5.67. The quantitative estimate of drug-likeness (QED) is 0.560. The summed E-state index contributed by atoms with van der Waals surface area (Å²) in [6.45, 7) is 9.66. The fraction of sp³-hybridized carbons (Fsp3) is 0.619.